The fraction of sp³-hybridized carbons (Fsp3) is 0.222. The van der Waals surface area contributed by atoms with Gasteiger partial charge in [-0.3, -0.25) is 4.79 Å². The molecular formula is C18H16FN5O. The molecule has 126 valence electrons. The monoisotopic (exact) mass is 337 g/mol. The van der Waals surface area contributed by atoms with Gasteiger partial charge >= 0.3 is 0 Å². The van der Waals surface area contributed by atoms with Crippen molar-refractivity contribution in [3.8, 4) is 11.4 Å². The van der Waals surface area contributed by atoms with Crippen molar-refractivity contribution >= 4 is 11.6 Å². The SMILES string of the molecule is O=C(Cc1cccc(F)c1)Nc1ccc(-c2nnnn2C2CC2)cc1. The van der Waals surface area contributed by atoms with Gasteiger partial charge in [0.1, 0.15) is 5.82 Å². The normalized spacial score (nSPS) is 13.6. The van der Waals surface area contributed by atoms with Crippen LogP contribution in [-0.2, 0) is 11.2 Å². The molecule has 0 unspecified atom stereocenters. The number of anilines is 1. The number of benzene rings is 2. The van der Waals surface area contributed by atoms with E-state index in [4.69, 9.17) is 0 Å². The molecule has 0 aliphatic heterocycles. The molecule has 7 heteroatoms. The van der Waals surface area contributed by atoms with Crippen LogP contribution < -0.4 is 5.32 Å². The molecular weight excluding hydrogens is 321 g/mol. The van der Waals surface area contributed by atoms with Crippen molar-refractivity contribution in [2.24, 2.45) is 0 Å². The van der Waals surface area contributed by atoms with Crippen molar-refractivity contribution in [3.63, 3.8) is 0 Å². The van der Waals surface area contributed by atoms with Gasteiger partial charge in [0.15, 0.2) is 5.82 Å². The fourth-order valence-corrected chi connectivity index (χ4v) is 2.69. The number of halogens is 1. The molecule has 1 heterocycles. The molecule has 1 saturated carbocycles. The minimum Gasteiger partial charge on any atom is -0.326 e. The molecule has 0 radical (unpaired) electrons. The van der Waals surface area contributed by atoms with Crippen molar-refractivity contribution in [1.29, 1.82) is 0 Å². The maximum Gasteiger partial charge on any atom is 0.228 e. The zero-order chi connectivity index (χ0) is 17.2. The maximum absolute atomic E-state index is 13.2. The molecule has 3 aromatic rings. The molecule has 0 atom stereocenters. The average Bonchev–Trinajstić information content (AvgIpc) is 3.32. The maximum atomic E-state index is 13.2. The molecule has 0 bridgehead atoms. The van der Waals surface area contributed by atoms with Crippen molar-refractivity contribution in [2.45, 2.75) is 25.3 Å². The average molecular weight is 337 g/mol. The van der Waals surface area contributed by atoms with E-state index in [-0.39, 0.29) is 18.1 Å². The van der Waals surface area contributed by atoms with E-state index < -0.39 is 0 Å². The van der Waals surface area contributed by atoms with Crippen molar-refractivity contribution in [2.75, 3.05) is 5.32 Å². The minimum absolute atomic E-state index is 0.124. The Balaban J connectivity index is 1.43. The van der Waals surface area contributed by atoms with Crippen LogP contribution in [0.2, 0.25) is 0 Å². The highest BCUT2D eigenvalue weighted by Gasteiger charge is 2.28. The van der Waals surface area contributed by atoms with E-state index in [9.17, 15) is 9.18 Å². The molecule has 1 aliphatic rings. The quantitative estimate of drug-likeness (QED) is 0.777. The van der Waals surface area contributed by atoms with E-state index in [0.29, 0.717) is 17.3 Å². The third-order valence-corrected chi connectivity index (χ3v) is 4.07. The number of carbonyl (C=O) groups is 1. The number of amides is 1. The van der Waals surface area contributed by atoms with E-state index in [2.05, 4.69) is 20.8 Å². The number of hydrogen-bond donors (Lipinski definition) is 1. The third-order valence-electron chi connectivity index (χ3n) is 4.07. The highest BCUT2D eigenvalue weighted by molar-refractivity contribution is 5.92. The van der Waals surface area contributed by atoms with Crippen LogP contribution in [0.5, 0.6) is 0 Å². The van der Waals surface area contributed by atoms with Gasteiger partial charge in [-0.05, 0) is 65.2 Å². The van der Waals surface area contributed by atoms with Crippen LogP contribution in [0, 0.1) is 5.82 Å². The number of rotatable bonds is 5. The molecule has 6 nitrogen and oxygen atoms in total. The highest BCUT2D eigenvalue weighted by Crippen LogP contribution is 2.36. The van der Waals surface area contributed by atoms with E-state index in [1.807, 2.05) is 28.9 Å². The lowest BCUT2D eigenvalue weighted by molar-refractivity contribution is -0.115. The lowest BCUT2D eigenvalue weighted by atomic mass is 10.1. The fourth-order valence-electron chi connectivity index (χ4n) is 2.69. The number of nitrogens with zero attached hydrogens (tertiary/aromatic N) is 4. The van der Waals surface area contributed by atoms with Crippen LogP contribution >= 0.6 is 0 Å². The van der Waals surface area contributed by atoms with E-state index in [1.54, 1.807) is 12.1 Å². The summed E-state index contributed by atoms with van der Waals surface area (Å²) in [5.74, 6) is 0.198. The lowest BCUT2D eigenvalue weighted by Crippen LogP contribution is -2.14. The number of nitrogens with one attached hydrogen (secondary N) is 1. The summed E-state index contributed by atoms with van der Waals surface area (Å²) < 4.78 is 15.0. The van der Waals surface area contributed by atoms with Crippen LogP contribution in [0.3, 0.4) is 0 Å². The minimum atomic E-state index is -0.344. The first-order chi connectivity index (χ1) is 12.2. The number of carbonyl (C=O) groups excluding carboxylic acids is 1. The van der Waals surface area contributed by atoms with Crippen LogP contribution in [0.4, 0.5) is 10.1 Å². The Bertz CT molecular complexity index is 902. The Labute approximate surface area is 143 Å². The second-order valence-corrected chi connectivity index (χ2v) is 6.11. The predicted molar refractivity (Wildman–Crippen MR) is 90.3 cm³/mol. The van der Waals surface area contributed by atoms with Gasteiger partial charge in [-0.25, -0.2) is 9.07 Å². The Morgan fingerprint density at radius 3 is 2.72 bits per heavy atom. The second-order valence-electron chi connectivity index (χ2n) is 6.11. The molecule has 1 N–H and O–H groups in total. The van der Waals surface area contributed by atoms with Crippen LogP contribution in [0.15, 0.2) is 48.5 Å². The summed E-state index contributed by atoms with van der Waals surface area (Å²) in [6, 6.07) is 13.8. The van der Waals surface area contributed by atoms with Gasteiger partial charge in [0.2, 0.25) is 5.91 Å². The van der Waals surface area contributed by atoms with Gasteiger partial charge in [0.25, 0.3) is 0 Å². The van der Waals surface area contributed by atoms with Gasteiger partial charge in [0, 0.05) is 11.3 Å². The standard InChI is InChI=1S/C18H16FN5O/c19-14-3-1-2-12(10-14)11-17(25)20-15-6-4-13(5-7-15)18-21-22-23-24(18)16-8-9-16/h1-7,10,16H,8-9,11H2,(H,20,25). The summed E-state index contributed by atoms with van der Waals surface area (Å²) in [6.45, 7) is 0. The first-order valence-corrected chi connectivity index (χ1v) is 8.11. The first-order valence-electron chi connectivity index (χ1n) is 8.11. The highest BCUT2D eigenvalue weighted by atomic mass is 19.1. The Hall–Kier alpha value is -3.09. The predicted octanol–water partition coefficient (Wildman–Crippen LogP) is 3.00. The number of aromatic nitrogens is 4. The molecule has 1 aromatic heterocycles. The summed E-state index contributed by atoms with van der Waals surface area (Å²) in [4.78, 5) is 12.1. The molecule has 0 saturated heterocycles. The third kappa shape index (κ3) is 3.55. The largest absolute Gasteiger partial charge is 0.326 e. The summed E-state index contributed by atoms with van der Waals surface area (Å²) >= 11 is 0. The van der Waals surface area contributed by atoms with Crippen LogP contribution in [0.25, 0.3) is 11.4 Å². The Morgan fingerprint density at radius 1 is 1.20 bits per heavy atom. The van der Waals surface area contributed by atoms with E-state index in [0.717, 1.165) is 24.2 Å². The van der Waals surface area contributed by atoms with Crippen LogP contribution in [-0.4, -0.2) is 26.1 Å². The van der Waals surface area contributed by atoms with Gasteiger partial charge in [-0.15, -0.1) is 5.10 Å². The topological polar surface area (TPSA) is 72.7 Å². The Morgan fingerprint density at radius 2 is 2.00 bits per heavy atom. The van der Waals surface area contributed by atoms with Crippen molar-refractivity contribution in [3.05, 3.63) is 59.9 Å². The lowest BCUT2D eigenvalue weighted by Gasteiger charge is -2.07. The first kappa shape index (κ1) is 15.4. The summed E-state index contributed by atoms with van der Waals surface area (Å²) in [5.41, 5.74) is 2.22. The molecule has 4 rings (SSSR count). The van der Waals surface area contributed by atoms with E-state index >= 15 is 0 Å². The second kappa shape index (κ2) is 6.43. The van der Waals surface area contributed by atoms with Crippen molar-refractivity contribution in [1.82, 2.24) is 20.2 Å². The van der Waals surface area contributed by atoms with Crippen LogP contribution in [0.1, 0.15) is 24.4 Å². The smallest absolute Gasteiger partial charge is 0.228 e. The van der Waals surface area contributed by atoms with Gasteiger partial charge in [-0.1, -0.05) is 12.1 Å². The van der Waals surface area contributed by atoms with Crippen molar-refractivity contribution < 1.29 is 9.18 Å². The molecule has 25 heavy (non-hydrogen) atoms. The number of hydrogen-bond acceptors (Lipinski definition) is 4. The molecule has 0 spiro atoms. The molecule has 2 aromatic carbocycles. The zero-order valence-electron chi connectivity index (χ0n) is 13.4. The summed E-state index contributed by atoms with van der Waals surface area (Å²) in [6.07, 6.45) is 2.33. The van der Waals surface area contributed by atoms with Gasteiger partial charge in [-0.2, -0.15) is 0 Å². The molecule has 1 aliphatic carbocycles. The molecule has 1 amide bonds. The molecule has 1 fully saturated rings. The van der Waals surface area contributed by atoms with Gasteiger partial charge in [0.05, 0.1) is 12.5 Å². The summed E-state index contributed by atoms with van der Waals surface area (Å²) in [5, 5.41) is 14.7. The van der Waals surface area contributed by atoms with E-state index in [1.165, 1.54) is 12.1 Å². The summed E-state index contributed by atoms with van der Waals surface area (Å²) in [7, 11) is 0. The Kier molecular flexibility index (Phi) is 3.97. The van der Waals surface area contributed by atoms with Gasteiger partial charge < -0.3 is 5.32 Å². The number of tetrazole rings is 1. The zero-order valence-corrected chi connectivity index (χ0v) is 13.4.